The van der Waals surface area contributed by atoms with E-state index in [1.54, 1.807) is 0 Å². The van der Waals surface area contributed by atoms with E-state index in [-0.39, 0.29) is 0 Å². The molecule has 0 aliphatic rings. The molecule has 0 fully saturated rings. The molecular weight excluding hydrogens is 342 g/mol. The molecule has 0 aliphatic carbocycles. The number of hydrogen-bond donors (Lipinski definition) is 2. The second-order valence-electron chi connectivity index (χ2n) is 4.01. The van der Waals surface area contributed by atoms with Crippen LogP contribution in [0.4, 0.5) is 0 Å². The molecule has 0 aliphatic heterocycles. The summed E-state index contributed by atoms with van der Waals surface area (Å²) in [7, 11) is -2.62. The number of hydrogen-bond acceptors (Lipinski definition) is 3. The van der Waals surface area contributed by atoms with Crippen LogP contribution in [-0.2, 0) is 17.5 Å². The fourth-order valence-corrected chi connectivity index (χ4v) is 1.65. The maximum atomic E-state index is 8.81. The summed E-state index contributed by atoms with van der Waals surface area (Å²) < 4.78 is 24.4. The summed E-state index contributed by atoms with van der Waals surface area (Å²) >= 11 is 3.41. The van der Waals surface area contributed by atoms with Crippen LogP contribution < -0.4 is 9.88 Å². The summed E-state index contributed by atoms with van der Waals surface area (Å²) in [5, 5.41) is 4.06. The zero-order chi connectivity index (χ0) is 15.0. The lowest BCUT2D eigenvalue weighted by atomic mass is 10.2. The fourth-order valence-electron chi connectivity index (χ4n) is 1.38. The molecule has 0 aromatic heterocycles. The Morgan fingerprint density at radius 3 is 2.05 bits per heavy atom. The van der Waals surface area contributed by atoms with Crippen LogP contribution in [0.3, 0.4) is 0 Å². The Kier molecular flexibility index (Phi) is 7.28. The van der Waals surface area contributed by atoms with Crippen molar-refractivity contribution in [2.45, 2.75) is 13.5 Å². The molecule has 0 bridgehead atoms. The van der Waals surface area contributed by atoms with Crippen LogP contribution >= 0.6 is 15.9 Å². The topological polar surface area (TPSA) is 69.4 Å². The van der Waals surface area contributed by atoms with Crippen LogP contribution in [-0.4, -0.2) is 8.42 Å². The Labute approximate surface area is 128 Å². The molecule has 2 aromatic rings. The van der Waals surface area contributed by atoms with Gasteiger partial charge in [-0.25, -0.2) is 13.6 Å². The molecule has 0 unspecified atom stereocenters. The first kappa shape index (κ1) is 16.7. The highest BCUT2D eigenvalue weighted by atomic mass is 79.9. The van der Waals surface area contributed by atoms with Crippen molar-refractivity contribution in [3.05, 3.63) is 64.1 Å². The molecule has 0 radical (unpaired) electrons. The van der Waals surface area contributed by atoms with Gasteiger partial charge in [-0.05, 0) is 36.8 Å². The predicted molar refractivity (Wildman–Crippen MR) is 84.2 cm³/mol. The number of thiol groups is 1. The van der Waals surface area contributed by atoms with Crippen LogP contribution in [0.5, 0.6) is 5.75 Å². The van der Waals surface area contributed by atoms with Crippen molar-refractivity contribution in [2.75, 3.05) is 0 Å². The van der Waals surface area contributed by atoms with Crippen LogP contribution in [0.15, 0.2) is 53.0 Å². The maximum absolute atomic E-state index is 8.81. The number of benzene rings is 2. The zero-order valence-corrected chi connectivity index (χ0v) is 13.4. The van der Waals surface area contributed by atoms with E-state index in [4.69, 9.17) is 13.2 Å². The standard InChI is InChI=1S/C14H13BrO.H3NO2S/c1-11-2-8-14(9-3-11)16-10-12-4-6-13(15)7-5-12;1-4(2)3/h2-9H,10H2,1H3;4H,(H2,1,2,3). The molecule has 0 spiro atoms. The average molecular weight is 358 g/mol. The number of rotatable bonds is 3. The van der Waals surface area contributed by atoms with Gasteiger partial charge in [-0.1, -0.05) is 45.8 Å². The Morgan fingerprint density at radius 2 is 1.55 bits per heavy atom. The first-order chi connectivity index (χ1) is 9.47. The van der Waals surface area contributed by atoms with Gasteiger partial charge in [0.25, 0.3) is 0 Å². The quantitative estimate of drug-likeness (QED) is 0.829. The largest absolute Gasteiger partial charge is 0.489 e. The molecule has 6 heteroatoms. The van der Waals surface area contributed by atoms with Gasteiger partial charge in [0.05, 0.1) is 0 Å². The Hall–Kier alpha value is -1.37. The monoisotopic (exact) mass is 357 g/mol. The van der Waals surface area contributed by atoms with E-state index in [2.05, 4.69) is 52.3 Å². The summed E-state index contributed by atoms with van der Waals surface area (Å²) in [6.45, 7) is 2.68. The minimum absolute atomic E-state index is 0.607. The molecule has 4 nitrogen and oxygen atoms in total. The SMILES string of the molecule is Cc1ccc(OCc2ccc(Br)cc2)cc1.N[SH](=O)=O. The highest BCUT2D eigenvalue weighted by molar-refractivity contribution is 9.10. The lowest BCUT2D eigenvalue weighted by molar-refractivity contribution is 0.306. The van der Waals surface area contributed by atoms with Crippen LogP contribution in [0, 0.1) is 6.92 Å². The Bertz CT molecular complexity index is 541. The smallest absolute Gasteiger partial charge is 0.198 e. The van der Waals surface area contributed by atoms with Crippen molar-refractivity contribution in [3.8, 4) is 5.75 Å². The number of nitrogens with two attached hydrogens (primary N) is 1. The summed E-state index contributed by atoms with van der Waals surface area (Å²) in [6, 6.07) is 16.2. The molecular formula is C14H16BrNO3S. The minimum atomic E-state index is -2.62. The molecule has 2 aromatic carbocycles. The van der Waals surface area contributed by atoms with Gasteiger partial charge >= 0.3 is 0 Å². The Morgan fingerprint density at radius 1 is 1.05 bits per heavy atom. The van der Waals surface area contributed by atoms with E-state index >= 15 is 0 Å². The molecule has 0 saturated carbocycles. The molecule has 108 valence electrons. The van der Waals surface area contributed by atoms with E-state index in [0.29, 0.717) is 6.61 Å². The maximum Gasteiger partial charge on any atom is 0.198 e. The number of ether oxygens (including phenoxy) is 1. The molecule has 2 N–H and O–H groups in total. The van der Waals surface area contributed by atoms with Gasteiger partial charge < -0.3 is 4.74 Å². The number of halogens is 1. The van der Waals surface area contributed by atoms with Gasteiger partial charge in [-0.15, -0.1) is 0 Å². The van der Waals surface area contributed by atoms with Crippen molar-refractivity contribution in [3.63, 3.8) is 0 Å². The summed E-state index contributed by atoms with van der Waals surface area (Å²) in [5.41, 5.74) is 2.42. The lowest BCUT2D eigenvalue weighted by Crippen LogP contribution is -1.94. The third-order valence-corrected chi connectivity index (χ3v) is 2.87. The van der Waals surface area contributed by atoms with Gasteiger partial charge in [0.1, 0.15) is 12.4 Å². The third-order valence-electron chi connectivity index (χ3n) is 2.34. The van der Waals surface area contributed by atoms with Gasteiger partial charge in [0.15, 0.2) is 10.9 Å². The summed E-state index contributed by atoms with van der Waals surface area (Å²) in [5.74, 6) is 0.911. The zero-order valence-electron chi connectivity index (χ0n) is 11.0. The van der Waals surface area contributed by atoms with Crippen molar-refractivity contribution in [1.29, 1.82) is 0 Å². The summed E-state index contributed by atoms with van der Waals surface area (Å²) in [6.07, 6.45) is 0. The second kappa shape index (κ2) is 8.73. The molecule has 20 heavy (non-hydrogen) atoms. The van der Waals surface area contributed by atoms with Gasteiger partial charge in [0, 0.05) is 4.47 Å². The molecule has 0 atom stereocenters. The van der Waals surface area contributed by atoms with Crippen molar-refractivity contribution in [1.82, 2.24) is 0 Å². The first-order valence-electron chi connectivity index (χ1n) is 5.80. The molecule has 0 heterocycles. The van der Waals surface area contributed by atoms with Crippen LogP contribution in [0.2, 0.25) is 0 Å². The van der Waals surface area contributed by atoms with E-state index < -0.39 is 10.9 Å². The summed E-state index contributed by atoms with van der Waals surface area (Å²) in [4.78, 5) is 0. The highest BCUT2D eigenvalue weighted by Gasteiger charge is 1.95. The van der Waals surface area contributed by atoms with Gasteiger partial charge in [-0.3, -0.25) is 0 Å². The van der Waals surface area contributed by atoms with Gasteiger partial charge in [0.2, 0.25) is 0 Å². The van der Waals surface area contributed by atoms with E-state index in [1.165, 1.54) is 11.1 Å². The average Bonchev–Trinajstić information content (AvgIpc) is 2.39. The van der Waals surface area contributed by atoms with Crippen LogP contribution in [0.1, 0.15) is 11.1 Å². The van der Waals surface area contributed by atoms with E-state index in [1.807, 2.05) is 24.3 Å². The molecule has 0 amide bonds. The third kappa shape index (κ3) is 7.28. The molecule has 2 rings (SSSR count). The normalized spacial score (nSPS) is 9.80. The minimum Gasteiger partial charge on any atom is -0.489 e. The lowest BCUT2D eigenvalue weighted by Gasteiger charge is -2.06. The van der Waals surface area contributed by atoms with E-state index in [0.717, 1.165) is 10.2 Å². The van der Waals surface area contributed by atoms with Crippen molar-refractivity contribution >= 4 is 26.8 Å². The predicted octanol–water partition coefficient (Wildman–Crippen LogP) is 2.81. The number of aryl methyl sites for hydroxylation is 1. The first-order valence-corrected chi connectivity index (χ1v) is 7.84. The fraction of sp³-hybridized carbons (Fsp3) is 0.143. The second-order valence-corrected chi connectivity index (χ2v) is 5.50. The van der Waals surface area contributed by atoms with E-state index in [9.17, 15) is 0 Å². The van der Waals surface area contributed by atoms with Crippen molar-refractivity contribution in [2.24, 2.45) is 5.14 Å². The Balaban J connectivity index is 0.000000444. The molecule has 0 saturated heterocycles. The highest BCUT2D eigenvalue weighted by Crippen LogP contribution is 2.15. The van der Waals surface area contributed by atoms with Crippen LogP contribution in [0.25, 0.3) is 0 Å². The van der Waals surface area contributed by atoms with Crippen molar-refractivity contribution < 1.29 is 13.2 Å². The van der Waals surface area contributed by atoms with Gasteiger partial charge in [-0.2, -0.15) is 0 Å².